The Hall–Kier alpha value is -3.83. The van der Waals surface area contributed by atoms with Crippen LogP contribution in [0.25, 0.3) is 22.3 Å². The third kappa shape index (κ3) is 6.63. The first-order valence-corrected chi connectivity index (χ1v) is 18.2. The normalized spacial score (nSPS) is 17.8. The average Bonchev–Trinajstić information content (AvgIpc) is 3.23. The van der Waals surface area contributed by atoms with Gasteiger partial charge in [-0.25, -0.2) is 19.0 Å². The molecule has 9 nitrogen and oxygen atoms in total. The Bertz CT molecular complexity index is 1630. The molecule has 4 aromatic rings. The van der Waals surface area contributed by atoms with Gasteiger partial charge in [-0.1, -0.05) is 57.9 Å². The van der Waals surface area contributed by atoms with E-state index in [4.69, 9.17) is 20.0 Å². The highest BCUT2D eigenvalue weighted by molar-refractivity contribution is 6.74. The molecule has 0 spiro atoms. The van der Waals surface area contributed by atoms with Crippen LogP contribution in [0.15, 0.2) is 48.8 Å². The number of nitrogens with two attached hydrogens (primary N) is 1. The molecule has 1 saturated carbocycles. The molecule has 2 aromatic carbocycles. The second-order valence-corrected chi connectivity index (χ2v) is 17.9. The van der Waals surface area contributed by atoms with Crippen LogP contribution in [0.1, 0.15) is 74.8 Å². The minimum Gasteiger partial charge on any atom is -0.496 e. The molecule has 2 heterocycles. The Morgan fingerprint density at radius 1 is 1.11 bits per heavy atom. The van der Waals surface area contributed by atoms with Gasteiger partial charge in [0.2, 0.25) is 0 Å². The SMILES string of the molecule is COc1ccc(F)cc1C(=O)NCc1ccc(-c2nn(C3CCCCC(O[Si](C)(C)C(C)(C)C)C3)c3ncnc(N)c23)cc1. The smallest absolute Gasteiger partial charge is 0.255 e. The Balaban J connectivity index is 1.38. The Morgan fingerprint density at radius 3 is 2.55 bits per heavy atom. The number of hydrogen-bond acceptors (Lipinski definition) is 7. The zero-order valence-corrected chi connectivity index (χ0v) is 27.5. The number of methoxy groups -OCH3 is 1. The lowest BCUT2D eigenvalue weighted by Gasteiger charge is -2.39. The fourth-order valence-corrected chi connectivity index (χ4v) is 6.98. The first-order chi connectivity index (χ1) is 20.9. The first kappa shape index (κ1) is 31.6. The molecule has 1 aliphatic carbocycles. The molecule has 0 saturated heterocycles. The molecule has 234 valence electrons. The summed E-state index contributed by atoms with van der Waals surface area (Å²) in [6.45, 7) is 11.7. The number of carbonyl (C=O) groups is 1. The molecule has 1 fully saturated rings. The Morgan fingerprint density at radius 2 is 1.84 bits per heavy atom. The molecule has 5 rings (SSSR count). The molecule has 11 heteroatoms. The third-order valence-electron chi connectivity index (χ3n) is 9.07. The van der Waals surface area contributed by atoms with Crippen LogP contribution in [-0.2, 0) is 11.0 Å². The van der Waals surface area contributed by atoms with Gasteiger partial charge in [-0.3, -0.25) is 4.79 Å². The first-order valence-electron chi connectivity index (χ1n) is 15.3. The van der Waals surface area contributed by atoms with E-state index in [0.717, 1.165) is 60.0 Å². The highest BCUT2D eigenvalue weighted by Crippen LogP contribution is 2.41. The van der Waals surface area contributed by atoms with Crippen LogP contribution < -0.4 is 15.8 Å². The maximum Gasteiger partial charge on any atom is 0.255 e. The number of benzene rings is 2. The summed E-state index contributed by atoms with van der Waals surface area (Å²) in [4.78, 5) is 21.7. The van der Waals surface area contributed by atoms with E-state index in [1.165, 1.54) is 31.6 Å². The number of nitrogens with one attached hydrogen (secondary N) is 1. The molecule has 2 aromatic heterocycles. The maximum atomic E-state index is 13.8. The number of amides is 1. The maximum absolute atomic E-state index is 13.8. The number of nitrogen functional groups attached to an aromatic ring is 1. The van der Waals surface area contributed by atoms with Crippen LogP contribution in [0.2, 0.25) is 18.1 Å². The van der Waals surface area contributed by atoms with Gasteiger partial charge in [0.05, 0.1) is 24.1 Å². The number of rotatable bonds is 8. The lowest BCUT2D eigenvalue weighted by atomic mass is 10.1. The number of fused-ring (bicyclic) bond motifs is 1. The largest absolute Gasteiger partial charge is 0.496 e. The molecule has 0 bridgehead atoms. The number of nitrogens with zero attached hydrogens (tertiary/aromatic N) is 4. The molecule has 2 atom stereocenters. The second kappa shape index (κ2) is 12.6. The number of hydrogen-bond donors (Lipinski definition) is 2. The summed E-state index contributed by atoms with van der Waals surface area (Å²) in [5, 5.41) is 8.83. The molecule has 0 aliphatic heterocycles. The minimum atomic E-state index is -1.93. The molecule has 3 N–H and O–H groups in total. The van der Waals surface area contributed by atoms with E-state index in [1.54, 1.807) is 0 Å². The van der Waals surface area contributed by atoms with Crippen molar-refractivity contribution in [3.05, 3.63) is 65.7 Å². The molecular formula is C33H43FN6O3Si. The molecule has 1 amide bonds. The van der Waals surface area contributed by atoms with Crippen LogP contribution in [0, 0.1) is 5.82 Å². The van der Waals surface area contributed by atoms with E-state index in [0.29, 0.717) is 11.6 Å². The van der Waals surface area contributed by atoms with Crippen molar-refractivity contribution >= 4 is 31.1 Å². The summed E-state index contributed by atoms with van der Waals surface area (Å²) >= 11 is 0. The van der Waals surface area contributed by atoms with Crippen molar-refractivity contribution in [2.24, 2.45) is 0 Å². The summed E-state index contributed by atoms with van der Waals surface area (Å²) in [5.41, 5.74) is 9.77. The molecular weight excluding hydrogens is 575 g/mol. The lowest BCUT2D eigenvalue weighted by Crippen LogP contribution is -2.44. The monoisotopic (exact) mass is 618 g/mol. The quantitative estimate of drug-likeness (QED) is 0.161. The van der Waals surface area contributed by atoms with E-state index in [2.05, 4.69) is 49.1 Å². The fraction of sp³-hybridized carbons (Fsp3) is 0.455. The van der Waals surface area contributed by atoms with Gasteiger partial charge >= 0.3 is 0 Å². The summed E-state index contributed by atoms with van der Waals surface area (Å²) in [5.74, 6) is -0.218. The Kier molecular flexibility index (Phi) is 9.08. The zero-order valence-electron chi connectivity index (χ0n) is 26.5. The Labute approximate surface area is 259 Å². The average molecular weight is 619 g/mol. The van der Waals surface area contributed by atoms with Crippen LogP contribution in [0.5, 0.6) is 5.75 Å². The number of carbonyl (C=O) groups excluding carboxylic acids is 1. The number of ether oxygens (including phenoxy) is 1. The van der Waals surface area contributed by atoms with E-state index in [1.807, 2.05) is 28.9 Å². The van der Waals surface area contributed by atoms with Gasteiger partial charge in [0.15, 0.2) is 14.0 Å². The fourth-order valence-electron chi connectivity index (χ4n) is 5.58. The van der Waals surface area contributed by atoms with Gasteiger partial charge in [-0.05, 0) is 61.2 Å². The van der Waals surface area contributed by atoms with Crippen molar-refractivity contribution in [3.8, 4) is 17.0 Å². The highest BCUT2D eigenvalue weighted by atomic mass is 28.4. The zero-order chi connectivity index (χ0) is 31.6. The van der Waals surface area contributed by atoms with E-state index in [9.17, 15) is 9.18 Å². The van der Waals surface area contributed by atoms with E-state index in [-0.39, 0.29) is 29.3 Å². The van der Waals surface area contributed by atoms with Gasteiger partial charge < -0.3 is 20.2 Å². The topological polar surface area (TPSA) is 117 Å². The summed E-state index contributed by atoms with van der Waals surface area (Å²) in [7, 11) is -0.479. The van der Waals surface area contributed by atoms with Crippen molar-refractivity contribution in [2.75, 3.05) is 12.8 Å². The second-order valence-electron chi connectivity index (χ2n) is 13.1. The number of aromatic nitrogens is 4. The van der Waals surface area contributed by atoms with Gasteiger partial charge in [-0.2, -0.15) is 5.10 Å². The number of halogens is 1. The molecule has 0 radical (unpaired) electrons. The van der Waals surface area contributed by atoms with Crippen LogP contribution in [-0.4, -0.2) is 47.2 Å². The summed E-state index contributed by atoms with van der Waals surface area (Å²) in [6.07, 6.45) is 6.82. The highest BCUT2D eigenvalue weighted by Gasteiger charge is 2.40. The van der Waals surface area contributed by atoms with E-state index < -0.39 is 20.0 Å². The van der Waals surface area contributed by atoms with Gasteiger partial charge in [-0.15, -0.1) is 0 Å². The molecule has 1 aliphatic rings. The predicted molar refractivity (Wildman–Crippen MR) is 173 cm³/mol. The molecule has 44 heavy (non-hydrogen) atoms. The summed E-state index contributed by atoms with van der Waals surface area (Å²) < 4.78 is 27.9. The van der Waals surface area contributed by atoms with Crippen molar-refractivity contribution in [1.29, 1.82) is 0 Å². The third-order valence-corrected chi connectivity index (χ3v) is 13.6. The van der Waals surface area contributed by atoms with Gasteiger partial charge in [0, 0.05) is 18.2 Å². The van der Waals surface area contributed by atoms with Gasteiger partial charge in [0.1, 0.15) is 29.4 Å². The van der Waals surface area contributed by atoms with Gasteiger partial charge in [0.25, 0.3) is 5.91 Å². The lowest BCUT2D eigenvalue weighted by molar-refractivity contribution is 0.0947. The van der Waals surface area contributed by atoms with Crippen LogP contribution in [0.3, 0.4) is 0 Å². The predicted octanol–water partition coefficient (Wildman–Crippen LogP) is 7.05. The van der Waals surface area contributed by atoms with Crippen LogP contribution in [0.4, 0.5) is 10.2 Å². The van der Waals surface area contributed by atoms with Crippen LogP contribution >= 0.6 is 0 Å². The number of anilines is 1. The van der Waals surface area contributed by atoms with E-state index >= 15 is 0 Å². The van der Waals surface area contributed by atoms with Crippen molar-refractivity contribution in [2.45, 2.75) is 89.7 Å². The molecule has 2 unspecified atom stereocenters. The van der Waals surface area contributed by atoms with Crippen molar-refractivity contribution in [1.82, 2.24) is 25.1 Å². The van der Waals surface area contributed by atoms with Crippen molar-refractivity contribution < 1.29 is 18.3 Å². The van der Waals surface area contributed by atoms with Crippen molar-refractivity contribution in [3.63, 3.8) is 0 Å². The summed E-state index contributed by atoms with van der Waals surface area (Å²) in [6, 6.07) is 11.8. The minimum absolute atomic E-state index is 0.132. The standard InChI is InChI=1S/C33H43FN6O3Si/c1-33(2,3)44(5,6)43-25-10-8-7-9-24(18-25)40-31-28(30(35)37-20-38-31)29(39-40)22-13-11-21(12-14-22)19-36-32(41)26-17-23(34)15-16-27(26)42-4/h11-17,20,24-25H,7-10,18-19H2,1-6H3,(H,36,41)(H2,35,37,38).